The monoisotopic (exact) mass is 402 g/mol. The molecule has 0 saturated carbocycles. The molecule has 1 aliphatic heterocycles. The smallest absolute Gasteiger partial charge is 0.261 e. The molecule has 3 heterocycles. The van der Waals surface area contributed by atoms with Gasteiger partial charge in [-0.2, -0.15) is 5.10 Å². The topological polar surface area (TPSA) is 93.8 Å². The first-order chi connectivity index (χ1) is 13.2. The molecule has 1 amide bonds. The third-order valence-corrected chi connectivity index (χ3v) is 4.72. The van der Waals surface area contributed by atoms with Gasteiger partial charge in [0, 0.05) is 26.1 Å². The van der Waals surface area contributed by atoms with Crippen molar-refractivity contribution in [1.29, 1.82) is 0 Å². The molecule has 0 unspecified atom stereocenters. The molecule has 0 bridgehead atoms. The van der Waals surface area contributed by atoms with Crippen molar-refractivity contribution in [3.63, 3.8) is 0 Å². The minimum absolute atomic E-state index is 0. The molecule has 4 rings (SSSR count). The van der Waals surface area contributed by atoms with Crippen LogP contribution in [-0.2, 0) is 31.0 Å². The van der Waals surface area contributed by atoms with Gasteiger partial charge in [0.2, 0.25) is 5.91 Å². The molecule has 1 aliphatic rings. The summed E-state index contributed by atoms with van der Waals surface area (Å²) in [6.07, 6.45) is 2.48. The lowest BCUT2D eigenvalue weighted by Gasteiger charge is -2.13. The van der Waals surface area contributed by atoms with E-state index < -0.39 is 0 Å². The van der Waals surface area contributed by atoms with Gasteiger partial charge < -0.3 is 10.6 Å². The first kappa shape index (κ1) is 20.0. The number of hydrogen-bond donors (Lipinski definition) is 2. The zero-order valence-corrected chi connectivity index (χ0v) is 16.2. The summed E-state index contributed by atoms with van der Waals surface area (Å²) in [6, 6.07) is 9.29. The third-order valence-electron chi connectivity index (χ3n) is 4.72. The molecule has 2 N–H and O–H groups in total. The van der Waals surface area contributed by atoms with Crippen molar-refractivity contribution in [3.8, 4) is 0 Å². The maximum Gasteiger partial charge on any atom is 0.261 e. The average molecular weight is 403 g/mol. The van der Waals surface area contributed by atoms with E-state index in [9.17, 15) is 9.59 Å². The number of amides is 1. The molecular weight excluding hydrogens is 380 g/mol. The van der Waals surface area contributed by atoms with E-state index in [2.05, 4.69) is 20.7 Å². The van der Waals surface area contributed by atoms with Crippen LogP contribution in [0.2, 0.25) is 0 Å². The summed E-state index contributed by atoms with van der Waals surface area (Å²) in [4.78, 5) is 28.8. The lowest BCUT2D eigenvalue weighted by Crippen LogP contribution is -2.28. The Hall–Kier alpha value is -2.71. The standard InChI is InChI=1S/C19H22N6O2.ClH/c26-18(21-11-14-10-15-12-20-7-9-25(15)23-14)6-3-8-24-13-22-17-5-2-1-4-16(17)19(24)27;/h1-2,4-5,10,13,20H,3,6-9,11-12H2,(H,21,26);1H. The van der Waals surface area contributed by atoms with Gasteiger partial charge in [-0.1, -0.05) is 12.1 Å². The minimum atomic E-state index is -0.0711. The van der Waals surface area contributed by atoms with Crippen LogP contribution in [0.25, 0.3) is 10.9 Å². The third kappa shape index (κ3) is 4.40. The van der Waals surface area contributed by atoms with Crippen LogP contribution in [0, 0.1) is 0 Å². The number of nitrogens with one attached hydrogen (secondary N) is 2. The Morgan fingerprint density at radius 2 is 2.14 bits per heavy atom. The molecule has 1 aromatic carbocycles. The fraction of sp³-hybridized carbons (Fsp3) is 0.368. The molecule has 9 heteroatoms. The lowest BCUT2D eigenvalue weighted by atomic mass is 10.2. The van der Waals surface area contributed by atoms with Gasteiger partial charge in [0.15, 0.2) is 0 Å². The molecule has 0 atom stereocenters. The van der Waals surface area contributed by atoms with Gasteiger partial charge in [0.1, 0.15) is 0 Å². The fourth-order valence-electron chi connectivity index (χ4n) is 3.29. The summed E-state index contributed by atoms with van der Waals surface area (Å²) in [6.45, 7) is 3.49. The maximum absolute atomic E-state index is 12.4. The van der Waals surface area contributed by atoms with Crippen molar-refractivity contribution >= 4 is 29.2 Å². The summed E-state index contributed by atoms with van der Waals surface area (Å²) >= 11 is 0. The van der Waals surface area contributed by atoms with Crippen molar-refractivity contribution in [2.75, 3.05) is 6.54 Å². The largest absolute Gasteiger partial charge is 0.350 e. The molecule has 0 spiro atoms. The Bertz CT molecular complexity index is 1010. The number of carbonyl (C=O) groups is 1. The quantitative estimate of drug-likeness (QED) is 0.646. The number of para-hydroxylation sites is 1. The van der Waals surface area contributed by atoms with E-state index in [0.29, 0.717) is 36.8 Å². The highest BCUT2D eigenvalue weighted by Gasteiger charge is 2.12. The Morgan fingerprint density at radius 1 is 1.29 bits per heavy atom. The number of carbonyl (C=O) groups excluding carboxylic acids is 1. The number of rotatable bonds is 6. The van der Waals surface area contributed by atoms with Gasteiger partial charge in [-0.25, -0.2) is 4.98 Å². The molecular formula is C19H23ClN6O2. The first-order valence-electron chi connectivity index (χ1n) is 9.18. The molecule has 0 radical (unpaired) electrons. The summed E-state index contributed by atoms with van der Waals surface area (Å²) in [5.74, 6) is -0.0408. The van der Waals surface area contributed by atoms with Crippen LogP contribution in [-0.4, -0.2) is 31.8 Å². The van der Waals surface area contributed by atoms with Crippen LogP contribution in [0.1, 0.15) is 24.2 Å². The predicted molar refractivity (Wildman–Crippen MR) is 108 cm³/mol. The van der Waals surface area contributed by atoms with Crippen molar-refractivity contribution < 1.29 is 4.79 Å². The zero-order chi connectivity index (χ0) is 18.6. The lowest BCUT2D eigenvalue weighted by molar-refractivity contribution is -0.121. The molecule has 0 aliphatic carbocycles. The molecule has 28 heavy (non-hydrogen) atoms. The number of aryl methyl sites for hydroxylation is 1. The van der Waals surface area contributed by atoms with Crippen LogP contribution in [0.15, 0.2) is 41.5 Å². The normalized spacial score (nSPS) is 13.0. The summed E-state index contributed by atoms with van der Waals surface area (Å²) in [5.41, 5.74) is 2.64. The van der Waals surface area contributed by atoms with Crippen molar-refractivity contribution in [1.82, 2.24) is 30.0 Å². The Kier molecular flexibility index (Phi) is 6.43. The van der Waals surface area contributed by atoms with Crippen LogP contribution in [0.4, 0.5) is 0 Å². The molecule has 8 nitrogen and oxygen atoms in total. The number of benzene rings is 1. The second kappa shape index (κ2) is 8.99. The SMILES string of the molecule is Cl.O=C(CCCn1cnc2ccccc2c1=O)NCc1cc2n(n1)CCNC2. The number of hydrogen-bond acceptors (Lipinski definition) is 5. The Morgan fingerprint density at radius 3 is 3.00 bits per heavy atom. The highest BCUT2D eigenvalue weighted by Crippen LogP contribution is 2.08. The molecule has 0 saturated heterocycles. The second-order valence-electron chi connectivity index (χ2n) is 6.67. The van der Waals surface area contributed by atoms with Gasteiger partial charge >= 0.3 is 0 Å². The van der Waals surface area contributed by atoms with Crippen LogP contribution in [0.5, 0.6) is 0 Å². The molecule has 2 aromatic heterocycles. The van der Waals surface area contributed by atoms with Crippen molar-refractivity contribution in [2.24, 2.45) is 0 Å². The van der Waals surface area contributed by atoms with Crippen LogP contribution in [0.3, 0.4) is 0 Å². The number of halogens is 1. The van der Waals surface area contributed by atoms with E-state index in [1.165, 1.54) is 0 Å². The van der Waals surface area contributed by atoms with Gasteiger partial charge in [-0.3, -0.25) is 18.8 Å². The van der Waals surface area contributed by atoms with Gasteiger partial charge in [0.05, 0.1) is 41.7 Å². The maximum atomic E-state index is 12.4. The minimum Gasteiger partial charge on any atom is -0.350 e. The molecule has 148 valence electrons. The van der Waals surface area contributed by atoms with E-state index in [1.807, 2.05) is 28.9 Å². The Balaban J connectivity index is 0.00000225. The van der Waals surface area contributed by atoms with E-state index in [-0.39, 0.29) is 23.9 Å². The van der Waals surface area contributed by atoms with Gasteiger partial charge in [-0.05, 0) is 24.6 Å². The summed E-state index contributed by atoms with van der Waals surface area (Å²) in [7, 11) is 0. The van der Waals surface area contributed by atoms with E-state index >= 15 is 0 Å². The number of aromatic nitrogens is 4. The van der Waals surface area contributed by atoms with E-state index in [0.717, 1.165) is 31.0 Å². The second-order valence-corrected chi connectivity index (χ2v) is 6.67. The highest BCUT2D eigenvalue weighted by atomic mass is 35.5. The molecule has 3 aromatic rings. The molecule has 0 fully saturated rings. The predicted octanol–water partition coefficient (Wildman–Crippen LogP) is 1.21. The fourth-order valence-corrected chi connectivity index (χ4v) is 3.29. The number of fused-ring (bicyclic) bond motifs is 2. The summed E-state index contributed by atoms with van der Waals surface area (Å²) < 4.78 is 3.54. The van der Waals surface area contributed by atoms with Crippen LogP contribution >= 0.6 is 12.4 Å². The Labute approximate surface area is 168 Å². The van der Waals surface area contributed by atoms with E-state index in [4.69, 9.17) is 0 Å². The summed E-state index contributed by atoms with van der Waals surface area (Å²) in [5, 5.41) is 11.3. The van der Waals surface area contributed by atoms with Crippen molar-refractivity contribution in [2.45, 2.75) is 39.0 Å². The van der Waals surface area contributed by atoms with E-state index in [1.54, 1.807) is 17.0 Å². The van der Waals surface area contributed by atoms with Gasteiger partial charge in [-0.15, -0.1) is 12.4 Å². The number of nitrogens with zero attached hydrogens (tertiary/aromatic N) is 4. The highest BCUT2D eigenvalue weighted by molar-refractivity contribution is 5.85. The average Bonchev–Trinajstić information content (AvgIpc) is 3.11. The van der Waals surface area contributed by atoms with Gasteiger partial charge in [0.25, 0.3) is 5.56 Å². The van der Waals surface area contributed by atoms with Crippen molar-refractivity contribution in [3.05, 3.63) is 58.4 Å². The zero-order valence-electron chi connectivity index (χ0n) is 15.4. The first-order valence-corrected chi connectivity index (χ1v) is 9.18. The van der Waals surface area contributed by atoms with Crippen LogP contribution < -0.4 is 16.2 Å².